The maximum atomic E-state index is 5.17. The van der Waals surface area contributed by atoms with Gasteiger partial charge in [0.1, 0.15) is 0 Å². The Hall–Kier alpha value is -3.07. The van der Waals surface area contributed by atoms with E-state index in [-0.39, 0.29) is 0 Å². The molecular weight excluding hydrogens is 462 g/mol. The van der Waals surface area contributed by atoms with Crippen molar-refractivity contribution in [3.05, 3.63) is 98.4 Å². The van der Waals surface area contributed by atoms with Crippen LogP contribution in [0, 0.1) is 0 Å². The van der Waals surface area contributed by atoms with Gasteiger partial charge in [0, 0.05) is 24.1 Å². The molecule has 0 unspecified atom stereocenters. The van der Waals surface area contributed by atoms with Gasteiger partial charge in [-0.1, -0.05) is 91.8 Å². The van der Waals surface area contributed by atoms with Gasteiger partial charge in [0.05, 0.1) is 30.2 Å². The standard InChI is InChI=1S/C35H43N3/c1-20(2)24-11-9-12-25(21(3)4)30(24)18-36-32-15-29-28(32)16-35-34(17-33(29)38-35)37-19-31-26(22(5)6)13-10-14-27(31)23(7)8/h9-14,16,20-23H,15,17-19H2,1-8H3. The molecule has 0 spiro atoms. The van der Waals surface area contributed by atoms with Crippen molar-refractivity contribution >= 4 is 11.4 Å². The third-order valence-electron chi connectivity index (χ3n) is 8.34. The fourth-order valence-electron chi connectivity index (χ4n) is 6.18. The van der Waals surface area contributed by atoms with Gasteiger partial charge < -0.3 is 0 Å². The van der Waals surface area contributed by atoms with Gasteiger partial charge in [-0.05, 0) is 68.7 Å². The summed E-state index contributed by atoms with van der Waals surface area (Å²) in [5.41, 5.74) is 15.8. The summed E-state index contributed by atoms with van der Waals surface area (Å²) in [6, 6.07) is 15.8. The van der Waals surface area contributed by atoms with E-state index >= 15 is 0 Å². The first-order chi connectivity index (χ1) is 18.2. The molecule has 1 aromatic heterocycles. The molecule has 0 amide bonds. The third kappa shape index (κ3) is 4.88. The Labute approximate surface area is 229 Å². The fourth-order valence-corrected chi connectivity index (χ4v) is 6.18. The number of rotatable bonds is 8. The summed E-state index contributed by atoms with van der Waals surface area (Å²) in [4.78, 5) is 15.3. The second kappa shape index (κ2) is 10.6. The molecule has 38 heavy (non-hydrogen) atoms. The molecule has 1 aliphatic carbocycles. The Morgan fingerprint density at radius 2 is 1.08 bits per heavy atom. The van der Waals surface area contributed by atoms with Crippen LogP contribution < -0.4 is 0 Å². The lowest BCUT2D eigenvalue weighted by atomic mass is 9.85. The van der Waals surface area contributed by atoms with E-state index in [1.165, 1.54) is 55.9 Å². The molecule has 5 rings (SSSR count). The SMILES string of the molecule is CC(C)c1cccc(C(C)C)c1CN=C1Cc2nc1cc1c2CC1=NCc1c(C(C)C)cccc1C(C)C. The van der Waals surface area contributed by atoms with Crippen LogP contribution in [0.4, 0.5) is 0 Å². The van der Waals surface area contributed by atoms with Crippen molar-refractivity contribution in [3.63, 3.8) is 0 Å². The van der Waals surface area contributed by atoms with Gasteiger partial charge in [-0.2, -0.15) is 0 Å². The second-order valence-electron chi connectivity index (χ2n) is 12.3. The second-order valence-corrected chi connectivity index (χ2v) is 12.3. The predicted molar refractivity (Wildman–Crippen MR) is 161 cm³/mol. The number of aromatic nitrogens is 1. The zero-order valence-corrected chi connectivity index (χ0v) is 24.5. The normalized spacial score (nSPS) is 16.4. The van der Waals surface area contributed by atoms with E-state index in [1.807, 2.05) is 0 Å². The van der Waals surface area contributed by atoms with Gasteiger partial charge in [0.2, 0.25) is 0 Å². The van der Waals surface area contributed by atoms with Crippen LogP contribution in [-0.2, 0) is 25.9 Å². The Morgan fingerprint density at radius 3 is 1.53 bits per heavy atom. The Balaban J connectivity index is 1.41. The number of hydrogen-bond donors (Lipinski definition) is 0. The van der Waals surface area contributed by atoms with Gasteiger partial charge in [-0.15, -0.1) is 0 Å². The minimum absolute atomic E-state index is 0.489. The predicted octanol–water partition coefficient (Wildman–Crippen LogP) is 8.67. The summed E-state index contributed by atoms with van der Waals surface area (Å²) in [5, 5.41) is 0. The molecule has 3 nitrogen and oxygen atoms in total. The first-order valence-corrected chi connectivity index (χ1v) is 14.5. The minimum atomic E-state index is 0.489. The highest BCUT2D eigenvalue weighted by Gasteiger charge is 2.32. The number of aliphatic imine (C=N–C) groups is 2. The number of pyridine rings is 1. The number of fused-ring (bicyclic) bond motifs is 4. The van der Waals surface area contributed by atoms with E-state index in [2.05, 4.69) is 97.9 Å². The van der Waals surface area contributed by atoms with E-state index in [0.717, 1.165) is 37.3 Å². The van der Waals surface area contributed by atoms with E-state index in [1.54, 1.807) is 0 Å². The quantitative estimate of drug-likeness (QED) is 0.302. The lowest BCUT2D eigenvalue weighted by Gasteiger charge is -2.24. The molecule has 2 aromatic carbocycles. The number of hydrogen-bond acceptors (Lipinski definition) is 3. The molecule has 3 heteroatoms. The number of nitrogens with zero attached hydrogens (tertiary/aromatic N) is 3. The average Bonchev–Trinajstić information content (AvgIpc) is 3.21. The molecule has 0 saturated heterocycles. The minimum Gasteiger partial charge on any atom is -0.284 e. The molecule has 0 fully saturated rings. The molecule has 0 N–H and O–H groups in total. The highest BCUT2D eigenvalue weighted by Crippen LogP contribution is 2.34. The van der Waals surface area contributed by atoms with Crippen LogP contribution in [0.5, 0.6) is 0 Å². The van der Waals surface area contributed by atoms with Gasteiger partial charge >= 0.3 is 0 Å². The molecule has 2 bridgehead atoms. The zero-order chi connectivity index (χ0) is 27.1. The summed E-state index contributed by atoms with van der Waals surface area (Å²) in [6.07, 6.45) is 1.78. The molecule has 2 aliphatic rings. The molecule has 0 atom stereocenters. The van der Waals surface area contributed by atoms with Gasteiger partial charge in [0.15, 0.2) is 0 Å². The van der Waals surface area contributed by atoms with Crippen molar-refractivity contribution < 1.29 is 0 Å². The van der Waals surface area contributed by atoms with E-state index in [9.17, 15) is 0 Å². The van der Waals surface area contributed by atoms with Crippen LogP contribution in [-0.4, -0.2) is 16.4 Å². The maximum absolute atomic E-state index is 5.17. The van der Waals surface area contributed by atoms with Crippen molar-refractivity contribution in [2.45, 2.75) is 105 Å². The van der Waals surface area contributed by atoms with Crippen molar-refractivity contribution in [3.8, 4) is 0 Å². The van der Waals surface area contributed by atoms with Crippen molar-refractivity contribution in [1.82, 2.24) is 4.98 Å². The fraction of sp³-hybridized carbons (Fsp3) is 0.457. The Bertz CT molecular complexity index is 1370. The molecular formula is C35H43N3. The highest BCUT2D eigenvalue weighted by molar-refractivity contribution is 6.14. The van der Waals surface area contributed by atoms with E-state index < -0.39 is 0 Å². The Kier molecular flexibility index (Phi) is 7.40. The van der Waals surface area contributed by atoms with Crippen LogP contribution >= 0.6 is 0 Å². The summed E-state index contributed by atoms with van der Waals surface area (Å²) in [7, 11) is 0. The average molecular weight is 506 g/mol. The summed E-state index contributed by atoms with van der Waals surface area (Å²) >= 11 is 0. The maximum Gasteiger partial charge on any atom is 0.0854 e. The molecule has 1 aliphatic heterocycles. The van der Waals surface area contributed by atoms with Crippen molar-refractivity contribution in [2.75, 3.05) is 0 Å². The smallest absolute Gasteiger partial charge is 0.0854 e. The van der Waals surface area contributed by atoms with E-state index in [0.29, 0.717) is 23.7 Å². The first-order valence-electron chi connectivity index (χ1n) is 14.5. The molecule has 0 radical (unpaired) electrons. The largest absolute Gasteiger partial charge is 0.284 e. The lowest BCUT2D eigenvalue weighted by Crippen LogP contribution is -2.22. The molecule has 198 valence electrons. The highest BCUT2D eigenvalue weighted by atomic mass is 14.9. The van der Waals surface area contributed by atoms with Crippen LogP contribution in [0.1, 0.15) is 135 Å². The van der Waals surface area contributed by atoms with Gasteiger partial charge in [-0.25, -0.2) is 0 Å². The van der Waals surface area contributed by atoms with Crippen LogP contribution in [0.15, 0.2) is 52.4 Å². The van der Waals surface area contributed by atoms with Crippen LogP contribution in [0.25, 0.3) is 0 Å². The topological polar surface area (TPSA) is 37.6 Å². The molecule has 3 aromatic rings. The third-order valence-corrected chi connectivity index (χ3v) is 8.34. The van der Waals surface area contributed by atoms with Crippen LogP contribution in [0.2, 0.25) is 0 Å². The Morgan fingerprint density at radius 1 is 0.632 bits per heavy atom. The van der Waals surface area contributed by atoms with E-state index in [4.69, 9.17) is 15.0 Å². The summed E-state index contributed by atoms with van der Waals surface area (Å²) in [5.74, 6) is 1.97. The zero-order valence-electron chi connectivity index (χ0n) is 24.5. The van der Waals surface area contributed by atoms with Crippen molar-refractivity contribution in [2.24, 2.45) is 9.98 Å². The summed E-state index contributed by atoms with van der Waals surface area (Å²) in [6.45, 7) is 19.7. The monoisotopic (exact) mass is 505 g/mol. The van der Waals surface area contributed by atoms with Gasteiger partial charge in [0.25, 0.3) is 0 Å². The molecule has 0 saturated carbocycles. The van der Waals surface area contributed by atoms with Crippen LogP contribution in [0.3, 0.4) is 0 Å². The lowest BCUT2D eigenvalue weighted by molar-refractivity contribution is 0.794. The van der Waals surface area contributed by atoms with Gasteiger partial charge in [-0.3, -0.25) is 15.0 Å². The first kappa shape index (κ1) is 26.5. The van der Waals surface area contributed by atoms with Crippen molar-refractivity contribution in [1.29, 1.82) is 0 Å². The summed E-state index contributed by atoms with van der Waals surface area (Å²) < 4.78 is 0. The molecule has 2 heterocycles. The number of benzene rings is 2.